The molecule has 0 radical (unpaired) electrons. The highest BCUT2D eigenvalue weighted by molar-refractivity contribution is 6.01. The second-order valence-corrected chi connectivity index (χ2v) is 5.84. The van der Waals surface area contributed by atoms with Crippen molar-refractivity contribution in [3.05, 3.63) is 35.4 Å². The first-order chi connectivity index (χ1) is 10.7. The molecule has 0 atom stereocenters. The fourth-order valence-electron chi connectivity index (χ4n) is 2.75. The maximum Gasteiger partial charge on any atom is 0.306 e. The summed E-state index contributed by atoms with van der Waals surface area (Å²) in [4.78, 5) is 16.9. The van der Waals surface area contributed by atoms with Gasteiger partial charge in [0.05, 0.1) is 12.1 Å². The molecule has 4 nitrogen and oxygen atoms in total. The van der Waals surface area contributed by atoms with Gasteiger partial charge in [-0.05, 0) is 38.2 Å². The normalized spacial score (nSPS) is 16.4. The lowest BCUT2D eigenvalue weighted by atomic mass is 9.98. The molecule has 1 aromatic rings. The molecule has 0 unspecified atom stereocenters. The standard InChI is InChI=1S/C18H25NO3/c1-14-8-10-15(11-9-14)17(19-21-2)12-13-18(20)22-16-6-4-3-5-7-16/h8-11,16H,3-7,12-13H2,1-2H3/b19-17+. The molecule has 1 aliphatic carbocycles. The van der Waals surface area contributed by atoms with Gasteiger partial charge in [0.15, 0.2) is 0 Å². The van der Waals surface area contributed by atoms with Crippen LogP contribution in [-0.4, -0.2) is 24.9 Å². The Morgan fingerprint density at radius 2 is 1.82 bits per heavy atom. The summed E-state index contributed by atoms with van der Waals surface area (Å²) in [6, 6.07) is 8.06. The van der Waals surface area contributed by atoms with Crippen LogP contribution in [0.1, 0.15) is 56.1 Å². The van der Waals surface area contributed by atoms with Crippen molar-refractivity contribution in [3.8, 4) is 0 Å². The van der Waals surface area contributed by atoms with Crippen LogP contribution in [0.25, 0.3) is 0 Å². The summed E-state index contributed by atoms with van der Waals surface area (Å²) in [7, 11) is 1.52. The van der Waals surface area contributed by atoms with Gasteiger partial charge in [-0.25, -0.2) is 0 Å². The van der Waals surface area contributed by atoms with Crippen molar-refractivity contribution >= 4 is 11.7 Å². The molecule has 0 bridgehead atoms. The van der Waals surface area contributed by atoms with Gasteiger partial charge in [0.2, 0.25) is 0 Å². The monoisotopic (exact) mass is 303 g/mol. The number of hydrogen-bond acceptors (Lipinski definition) is 4. The van der Waals surface area contributed by atoms with Crippen LogP contribution >= 0.6 is 0 Å². The topological polar surface area (TPSA) is 47.9 Å². The molecule has 0 amide bonds. The molecular weight excluding hydrogens is 278 g/mol. The van der Waals surface area contributed by atoms with Gasteiger partial charge in [-0.1, -0.05) is 41.4 Å². The molecule has 2 rings (SSSR count). The fraction of sp³-hybridized carbons (Fsp3) is 0.556. The van der Waals surface area contributed by atoms with Crippen LogP contribution in [0.5, 0.6) is 0 Å². The van der Waals surface area contributed by atoms with Crippen LogP contribution in [0.15, 0.2) is 29.4 Å². The zero-order chi connectivity index (χ0) is 15.8. The predicted octanol–water partition coefficient (Wildman–Crippen LogP) is 4.00. The van der Waals surface area contributed by atoms with Gasteiger partial charge in [0, 0.05) is 6.42 Å². The minimum absolute atomic E-state index is 0.114. The van der Waals surface area contributed by atoms with Crippen molar-refractivity contribution in [2.24, 2.45) is 5.16 Å². The van der Waals surface area contributed by atoms with E-state index in [0.29, 0.717) is 12.8 Å². The summed E-state index contributed by atoms with van der Waals surface area (Å²) >= 11 is 0. The van der Waals surface area contributed by atoms with Crippen molar-refractivity contribution in [1.29, 1.82) is 0 Å². The van der Waals surface area contributed by atoms with Crippen LogP contribution < -0.4 is 0 Å². The Morgan fingerprint density at radius 1 is 1.14 bits per heavy atom. The first-order valence-electron chi connectivity index (χ1n) is 8.05. The number of esters is 1. The zero-order valence-electron chi connectivity index (χ0n) is 13.5. The first kappa shape index (κ1) is 16.5. The van der Waals surface area contributed by atoms with E-state index in [9.17, 15) is 4.79 Å². The third-order valence-electron chi connectivity index (χ3n) is 4.00. The van der Waals surface area contributed by atoms with Crippen molar-refractivity contribution in [1.82, 2.24) is 0 Å². The quantitative estimate of drug-likeness (QED) is 0.453. The summed E-state index contributed by atoms with van der Waals surface area (Å²) in [6.45, 7) is 2.04. The van der Waals surface area contributed by atoms with E-state index >= 15 is 0 Å². The predicted molar refractivity (Wildman–Crippen MR) is 86.9 cm³/mol. The number of ether oxygens (including phenoxy) is 1. The molecule has 1 fully saturated rings. The third-order valence-corrected chi connectivity index (χ3v) is 4.00. The van der Waals surface area contributed by atoms with Crippen molar-refractivity contribution < 1.29 is 14.4 Å². The van der Waals surface area contributed by atoms with Crippen LogP contribution in [0, 0.1) is 6.92 Å². The molecule has 1 aliphatic rings. The van der Waals surface area contributed by atoms with Gasteiger partial charge in [0.25, 0.3) is 0 Å². The molecule has 120 valence electrons. The molecule has 0 saturated heterocycles. The molecule has 0 aromatic heterocycles. The summed E-state index contributed by atoms with van der Waals surface area (Å²) in [5.74, 6) is -0.136. The summed E-state index contributed by atoms with van der Waals surface area (Å²) < 4.78 is 5.54. The maximum absolute atomic E-state index is 12.0. The van der Waals surface area contributed by atoms with Crippen LogP contribution in [0.3, 0.4) is 0 Å². The van der Waals surface area contributed by atoms with Crippen LogP contribution in [0.2, 0.25) is 0 Å². The van der Waals surface area contributed by atoms with Crippen molar-refractivity contribution in [3.63, 3.8) is 0 Å². The minimum Gasteiger partial charge on any atom is -0.462 e. The smallest absolute Gasteiger partial charge is 0.306 e. The molecule has 0 N–H and O–H groups in total. The highest BCUT2D eigenvalue weighted by Gasteiger charge is 2.18. The van der Waals surface area contributed by atoms with Gasteiger partial charge in [0.1, 0.15) is 13.2 Å². The second-order valence-electron chi connectivity index (χ2n) is 5.84. The van der Waals surface area contributed by atoms with E-state index in [2.05, 4.69) is 5.16 Å². The Balaban J connectivity index is 1.87. The van der Waals surface area contributed by atoms with E-state index in [1.165, 1.54) is 19.1 Å². The Hall–Kier alpha value is -1.84. The SMILES string of the molecule is CO/N=C(\CCC(=O)OC1CCCCC1)c1ccc(C)cc1. The van der Waals surface area contributed by atoms with Crippen molar-refractivity contribution in [2.45, 2.75) is 58.0 Å². The first-order valence-corrected chi connectivity index (χ1v) is 8.05. The molecule has 0 heterocycles. The number of carbonyl (C=O) groups is 1. The van der Waals surface area contributed by atoms with Crippen molar-refractivity contribution in [2.75, 3.05) is 7.11 Å². The average molecular weight is 303 g/mol. The average Bonchev–Trinajstić information content (AvgIpc) is 2.53. The van der Waals surface area contributed by atoms with E-state index in [-0.39, 0.29) is 12.1 Å². The van der Waals surface area contributed by atoms with Gasteiger partial charge in [-0.2, -0.15) is 0 Å². The number of aryl methyl sites for hydroxylation is 1. The van der Waals surface area contributed by atoms with Crippen LogP contribution in [-0.2, 0) is 14.4 Å². The number of benzene rings is 1. The molecule has 1 aromatic carbocycles. The lowest BCUT2D eigenvalue weighted by Gasteiger charge is -2.21. The van der Waals surface area contributed by atoms with E-state index < -0.39 is 0 Å². The number of hydrogen-bond donors (Lipinski definition) is 0. The largest absolute Gasteiger partial charge is 0.462 e. The highest BCUT2D eigenvalue weighted by atomic mass is 16.6. The Morgan fingerprint density at radius 3 is 2.45 bits per heavy atom. The van der Waals surface area contributed by atoms with E-state index in [0.717, 1.165) is 37.0 Å². The molecule has 1 saturated carbocycles. The molecule has 0 aliphatic heterocycles. The second kappa shape index (κ2) is 8.57. The van der Waals surface area contributed by atoms with Gasteiger partial charge >= 0.3 is 5.97 Å². The maximum atomic E-state index is 12.0. The zero-order valence-corrected chi connectivity index (χ0v) is 13.5. The molecule has 0 spiro atoms. The van der Waals surface area contributed by atoms with E-state index in [4.69, 9.17) is 9.57 Å². The molecule has 4 heteroatoms. The summed E-state index contributed by atoms with van der Waals surface area (Å²) in [6.07, 6.45) is 6.57. The van der Waals surface area contributed by atoms with Crippen LogP contribution in [0.4, 0.5) is 0 Å². The Bertz CT molecular complexity index is 502. The lowest BCUT2D eigenvalue weighted by molar-refractivity contribution is -0.150. The Kier molecular flexibility index (Phi) is 6.44. The number of oxime groups is 1. The third kappa shape index (κ3) is 5.17. The summed E-state index contributed by atoms with van der Waals surface area (Å²) in [5, 5.41) is 4.05. The number of rotatable bonds is 6. The van der Waals surface area contributed by atoms with E-state index in [1.807, 2.05) is 31.2 Å². The Labute approximate surface area is 132 Å². The number of nitrogens with zero attached hydrogens (tertiary/aromatic N) is 1. The van der Waals surface area contributed by atoms with Gasteiger partial charge in [-0.3, -0.25) is 4.79 Å². The number of carbonyl (C=O) groups excluding carboxylic acids is 1. The molecule has 22 heavy (non-hydrogen) atoms. The minimum atomic E-state index is -0.136. The summed E-state index contributed by atoms with van der Waals surface area (Å²) in [5.41, 5.74) is 2.96. The van der Waals surface area contributed by atoms with E-state index in [1.54, 1.807) is 0 Å². The highest BCUT2D eigenvalue weighted by Crippen LogP contribution is 2.21. The van der Waals surface area contributed by atoms with Gasteiger partial charge < -0.3 is 9.57 Å². The molecular formula is C18H25NO3. The van der Waals surface area contributed by atoms with Gasteiger partial charge in [-0.15, -0.1) is 0 Å². The lowest BCUT2D eigenvalue weighted by Crippen LogP contribution is -2.21. The fourth-order valence-corrected chi connectivity index (χ4v) is 2.75.